The summed E-state index contributed by atoms with van der Waals surface area (Å²) in [5, 5.41) is 3.22. The molecule has 16 heavy (non-hydrogen) atoms. The highest BCUT2D eigenvalue weighted by atomic mass is 16.5. The molecule has 0 radical (unpaired) electrons. The van der Waals surface area contributed by atoms with Crippen molar-refractivity contribution in [2.45, 2.75) is 19.8 Å². The number of carbonyl (C=O) groups excluding carboxylic acids is 1. The minimum atomic E-state index is -0.256. The molecule has 3 heteroatoms. The molecule has 1 aromatic rings. The Kier molecular flexibility index (Phi) is 6.26. The Morgan fingerprint density at radius 2 is 1.88 bits per heavy atom. The van der Waals surface area contributed by atoms with E-state index in [0.717, 1.165) is 0 Å². The maximum absolute atomic E-state index is 11.0. The van der Waals surface area contributed by atoms with Crippen molar-refractivity contribution in [1.29, 1.82) is 0 Å². The van der Waals surface area contributed by atoms with E-state index in [-0.39, 0.29) is 5.97 Å². The maximum atomic E-state index is 11.0. The van der Waals surface area contributed by atoms with Gasteiger partial charge in [0.2, 0.25) is 0 Å². The zero-order valence-electron chi connectivity index (χ0n) is 9.74. The summed E-state index contributed by atoms with van der Waals surface area (Å²) in [6.45, 7) is 4.72. The summed E-state index contributed by atoms with van der Waals surface area (Å²) < 4.78 is 4.79. The normalized spacial score (nSPS) is 13.8. The molecular weight excluding hydrogens is 202 g/mol. The van der Waals surface area contributed by atoms with Gasteiger partial charge in [-0.15, -0.1) is 0 Å². The fraction of sp³-hybridized carbons (Fsp3) is 0.462. The molecule has 1 aliphatic rings. The van der Waals surface area contributed by atoms with Gasteiger partial charge in [0.05, 0.1) is 12.2 Å². The van der Waals surface area contributed by atoms with Crippen LogP contribution < -0.4 is 5.32 Å². The molecule has 0 saturated carbocycles. The summed E-state index contributed by atoms with van der Waals surface area (Å²) in [4.78, 5) is 11.0. The van der Waals surface area contributed by atoms with Crippen molar-refractivity contribution in [1.82, 2.24) is 5.32 Å². The largest absolute Gasteiger partial charge is 0.462 e. The Balaban J connectivity index is 0.000000212. The van der Waals surface area contributed by atoms with Crippen LogP contribution in [0.5, 0.6) is 0 Å². The third kappa shape index (κ3) is 4.94. The number of hydrogen-bond donors (Lipinski definition) is 1. The first-order chi connectivity index (χ1) is 7.84. The number of benzene rings is 1. The van der Waals surface area contributed by atoms with Crippen molar-refractivity contribution in [2.24, 2.45) is 0 Å². The van der Waals surface area contributed by atoms with Gasteiger partial charge < -0.3 is 10.1 Å². The van der Waals surface area contributed by atoms with Crippen LogP contribution in [0.2, 0.25) is 0 Å². The van der Waals surface area contributed by atoms with Gasteiger partial charge in [-0.2, -0.15) is 0 Å². The van der Waals surface area contributed by atoms with E-state index in [2.05, 4.69) is 5.32 Å². The second-order valence-electron chi connectivity index (χ2n) is 3.54. The number of ether oxygens (including phenoxy) is 1. The minimum Gasteiger partial charge on any atom is -0.462 e. The SMILES string of the molecule is C1CCNC1.CCOC(=O)c1ccccc1. The number of nitrogens with one attached hydrogen (secondary N) is 1. The van der Waals surface area contributed by atoms with Gasteiger partial charge in [-0.05, 0) is 45.0 Å². The Hall–Kier alpha value is -1.35. The lowest BCUT2D eigenvalue weighted by Crippen LogP contribution is -2.03. The number of hydrogen-bond acceptors (Lipinski definition) is 3. The molecule has 3 nitrogen and oxygen atoms in total. The van der Waals surface area contributed by atoms with Gasteiger partial charge in [0.15, 0.2) is 0 Å². The van der Waals surface area contributed by atoms with Crippen LogP contribution in [-0.4, -0.2) is 25.7 Å². The summed E-state index contributed by atoms with van der Waals surface area (Å²) in [6.07, 6.45) is 2.78. The van der Waals surface area contributed by atoms with Gasteiger partial charge in [0.25, 0.3) is 0 Å². The molecule has 1 aliphatic heterocycles. The molecule has 1 N–H and O–H groups in total. The first-order valence-corrected chi connectivity index (χ1v) is 5.77. The van der Waals surface area contributed by atoms with Crippen LogP contribution in [0.1, 0.15) is 30.1 Å². The molecule has 0 aliphatic carbocycles. The van der Waals surface area contributed by atoms with Gasteiger partial charge in [-0.25, -0.2) is 4.79 Å². The van der Waals surface area contributed by atoms with E-state index in [1.54, 1.807) is 19.1 Å². The first kappa shape index (κ1) is 12.7. The molecule has 1 heterocycles. The average molecular weight is 221 g/mol. The molecule has 2 rings (SSSR count). The second-order valence-corrected chi connectivity index (χ2v) is 3.54. The Morgan fingerprint density at radius 1 is 1.25 bits per heavy atom. The first-order valence-electron chi connectivity index (χ1n) is 5.77. The predicted molar refractivity (Wildman–Crippen MR) is 64.5 cm³/mol. The van der Waals surface area contributed by atoms with Crippen LogP contribution in [0.4, 0.5) is 0 Å². The van der Waals surface area contributed by atoms with E-state index in [9.17, 15) is 4.79 Å². The topological polar surface area (TPSA) is 38.3 Å². The van der Waals surface area contributed by atoms with E-state index < -0.39 is 0 Å². The zero-order valence-corrected chi connectivity index (χ0v) is 9.74. The van der Waals surface area contributed by atoms with E-state index in [1.165, 1.54) is 25.9 Å². The van der Waals surface area contributed by atoms with Gasteiger partial charge in [0, 0.05) is 0 Å². The molecule has 0 bridgehead atoms. The fourth-order valence-electron chi connectivity index (χ4n) is 1.41. The molecule has 0 aromatic heterocycles. The molecule has 0 amide bonds. The molecule has 1 fully saturated rings. The van der Waals surface area contributed by atoms with E-state index in [1.807, 2.05) is 18.2 Å². The second kappa shape index (κ2) is 7.88. The molecule has 0 atom stereocenters. The highest BCUT2D eigenvalue weighted by Gasteiger charge is 2.02. The van der Waals surface area contributed by atoms with Crippen molar-refractivity contribution in [3.05, 3.63) is 35.9 Å². The molecule has 88 valence electrons. The summed E-state index contributed by atoms with van der Waals surface area (Å²) in [7, 11) is 0. The van der Waals surface area contributed by atoms with E-state index in [0.29, 0.717) is 12.2 Å². The Bertz CT molecular complexity index is 286. The molecule has 0 unspecified atom stereocenters. The summed E-state index contributed by atoms with van der Waals surface area (Å²) in [5.74, 6) is -0.256. The van der Waals surface area contributed by atoms with Gasteiger partial charge in [-0.1, -0.05) is 18.2 Å². The van der Waals surface area contributed by atoms with Gasteiger partial charge in [0.1, 0.15) is 0 Å². The van der Waals surface area contributed by atoms with Gasteiger partial charge in [-0.3, -0.25) is 0 Å². The summed E-state index contributed by atoms with van der Waals surface area (Å²) in [5.41, 5.74) is 0.606. The minimum absolute atomic E-state index is 0.256. The maximum Gasteiger partial charge on any atom is 0.338 e. The zero-order chi connectivity index (χ0) is 11.6. The quantitative estimate of drug-likeness (QED) is 0.778. The fourth-order valence-corrected chi connectivity index (χ4v) is 1.41. The van der Waals surface area contributed by atoms with Crippen molar-refractivity contribution in [3.63, 3.8) is 0 Å². The molecule has 0 spiro atoms. The lowest BCUT2D eigenvalue weighted by molar-refractivity contribution is 0.0526. The molecule has 1 saturated heterocycles. The van der Waals surface area contributed by atoms with Gasteiger partial charge >= 0.3 is 5.97 Å². The van der Waals surface area contributed by atoms with Crippen molar-refractivity contribution >= 4 is 5.97 Å². The monoisotopic (exact) mass is 221 g/mol. The molecule has 1 aromatic carbocycles. The van der Waals surface area contributed by atoms with Crippen molar-refractivity contribution in [2.75, 3.05) is 19.7 Å². The highest BCUT2D eigenvalue weighted by molar-refractivity contribution is 5.89. The van der Waals surface area contributed by atoms with Crippen LogP contribution in [-0.2, 0) is 4.74 Å². The lowest BCUT2D eigenvalue weighted by atomic mass is 10.2. The molecular formula is C13H19NO2. The van der Waals surface area contributed by atoms with Crippen LogP contribution in [0.3, 0.4) is 0 Å². The van der Waals surface area contributed by atoms with Crippen LogP contribution in [0.25, 0.3) is 0 Å². The smallest absolute Gasteiger partial charge is 0.338 e. The summed E-state index contributed by atoms with van der Waals surface area (Å²) in [6, 6.07) is 8.96. The Labute approximate surface area is 96.8 Å². The third-order valence-electron chi connectivity index (χ3n) is 2.24. The van der Waals surface area contributed by atoms with Crippen LogP contribution >= 0.6 is 0 Å². The third-order valence-corrected chi connectivity index (χ3v) is 2.24. The van der Waals surface area contributed by atoms with Crippen LogP contribution in [0, 0.1) is 0 Å². The van der Waals surface area contributed by atoms with Crippen molar-refractivity contribution < 1.29 is 9.53 Å². The average Bonchev–Trinajstić information content (AvgIpc) is 2.89. The van der Waals surface area contributed by atoms with E-state index >= 15 is 0 Å². The standard InChI is InChI=1S/C9H10O2.C4H9N/c1-2-11-9(10)8-6-4-3-5-7-8;1-2-4-5-3-1/h3-7H,2H2,1H3;5H,1-4H2. The van der Waals surface area contributed by atoms with Crippen molar-refractivity contribution in [3.8, 4) is 0 Å². The van der Waals surface area contributed by atoms with Crippen LogP contribution in [0.15, 0.2) is 30.3 Å². The van der Waals surface area contributed by atoms with E-state index in [4.69, 9.17) is 4.74 Å². The Morgan fingerprint density at radius 3 is 2.31 bits per heavy atom. The predicted octanol–water partition coefficient (Wildman–Crippen LogP) is 2.23. The number of esters is 1. The number of carbonyl (C=O) groups is 1. The highest BCUT2D eigenvalue weighted by Crippen LogP contribution is 1.99. The lowest BCUT2D eigenvalue weighted by Gasteiger charge is -1.99. The summed E-state index contributed by atoms with van der Waals surface area (Å²) >= 11 is 0. The number of rotatable bonds is 2.